The lowest BCUT2D eigenvalue weighted by atomic mass is 10.0. The minimum absolute atomic E-state index is 0.294. The van der Waals surface area contributed by atoms with Gasteiger partial charge in [0, 0.05) is 29.2 Å². The van der Waals surface area contributed by atoms with Gasteiger partial charge in [-0.25, -0.2) is 4.39 Å². The maximum atomic E-state index is 13.0. The third kappa shape index (κ3) is 4.46. The van der Waals surface area contributed by atoms with E-state index in [1.165, 1.54) is 12.3 Å². The number of rotatable bonds is 6. The number of benzene rings is 1. The molecule has 5 nitrogen and oxygen atoms in total. The highest BCUT2D eigenvalue weighted by Gasteiger charge is 2.08. The normalized spacial score (nSPS) is 13.4. The van der Waals surface area contributed by atoms with Crippen LogP contribution in [-0.4, -0.2) is 24.7 Å². The minimum Gasteiger partial charge on any atom is -0.315 e. The monoisotopic (exact) mass is 437 g/mol. The Morgan fingerprint density at radius 2 is 2.00 bits per heavy atom. The lowest BCUT2D eigenvalue weighted by Gasteiger charge is -2.07. The molecule has 0 aliphatic rings. The summed E-state index contributed by atoms with van der Waals surface area (Å²) >= 11 is 0. The van der Waals surface area contributed by atoms with Crippen LogP contribution in [0.2, 0.25) is 0 Å². The third-order valence-electron chi connectivity index (χ3n) is 5.80. The Morgan fingerprint density at radius 3 is 2.85 bits per heavy atom. The van der Waals surface area contributed by atoms with Crippen molar-refractivity contribution in [2.45, 2.75) is 20.3 Å². The lowest BCUT2D eigenvalue weighted by Crippen LogP contribution is -1.98. The Balaban J connectivity index is 1.36. The van der Waals surface area contributed by atoms with Crippen molar-refractivity contribution in [1.29, 1.82) is 0 Å². The van der Waals surface area contributed by atoms with E-state index < -0.39 is 0 Å². The number of hydrogen-bond donors (Lipinski definition) is 1. The highest BCUT2D eigenvalue weighted by Crippen LogP contribution is 2.25. The second-order valence-corrected chi connectivity index (χ2v) is 8.34. The average molecular weight is 438 g/mol. The van der Waals surface area contributed by atoms with Crippen molar-refractivity contribution >= 4 is 27.5 Å². The summed E-state index contributed by atoms with van der Waals surface area (Å²) in [5.41, 5.74) is 7.16. The summed E-state index contributed by atoms with van der Waals surface area (Å²) in [7, 11) is 0. The maximum Gasteiger partial charge on any atom is 0.141 e. The predicted molar refractivity (Wildman–Crippen MR) is 131 cm³/mol. The first-order valence-corrected chi connectivity index (χ1v) is 10.9. The van der Waals surface area contributed by atoms with E-state index in [4.69, 9.17) is 0 Å². The molecule has 33 heavy (non-hydrogen) atoms. The summed E-state index contributed by atoms with van der Waals surface area (Å²) in [5.74, 6) is -0.0127. The van der Waals surface area contributed by atoms with Gasteiger partial charge in [0.25, 0.3) is 0 Å². The molecule has 0 bridgehead atoms. The van der Waals surface area contributed by atoms with Crippen molar-refractivity contribution in [2.75, 3.05) is 0 Å². The van der Waals surface area contributed by atoms with Crippen LogP contribution in [0.5, 0.6) is 0 Å². The van der Waals surface area contributed by atoms with Gasteiger partial charge in [0.05, 0.1) is 28.9 Å². The Labute approximate surface area is 191 Å². The van der Waals surface area contributed by atoms with Crippen LogP contribution in [0.4, 0.5) is 4.39 Å². The number of aromatic nitrogens is 5. The van der Waals surface area contributed by atoms with Crippen molar-refractivity contribution in [3.8, 4) is 5.69 Å². The molecule has 0 spiro atoms. The molecule has 6 heteroatoms. The quantitative estimate of drug-likeness (QED) is 0.318. The van der Waals surface area contributed by atoms with Crippen molar-refractivity contribution < 1.29 is 4.39 Å². The van der Waals surface area contributed by atoms with E-state index >= 15 is 0 Å². The molecule has 0 fully saturated rings. The van der Waals surface area contributed by atoms with E-state index in [0.717, 1.165) is 50.9 Å². The maximum absolute atomic E-state index is 13.0. The number of nitrogens with zero attached hydrogens (tertiary/aromatic N) is 4. The summed E-state index contributed by atoms with van der Waals surface area (Å²) in [5, 5.41) is 8.23. The summed E-state index contributed by atoms with van der Waals surface area (Å²) in [6, 6.07) is 13.6. The third-order valence-corrected chi connectivity index (χ3v) is 5.80. The Hall–Kier alpha value is -4.06. The van der Waals surface area contributed by atoms with Crippen molar-refractivity contribution in [1.82, 2.24) is 24.7 Å². The van der Waals surface area contributed by atoms with Gasteiger partial charge in [-0.2, -0.15) is 5.10 Å². The fourth-order valence-corrected chi connectivity index (χ4v) is 3.94. The molecule has 0 amide bonds. The van der Waals surface area contributed by atoms with Gasteiger partial charge in [-0.1, -0.05) is 25.2 Å². The molecule has 4 heterocycles. The second-order valence-electron chi connectivity index (χ2n) is 8.34. The summed E-state index contributed by atoms with van der Waals surface area (Å²) in [6.07, 6.45) is 14.1. The molecule has 1 N–H and O–H groups in total. The van der Waals surface area contributed by atoms with Crippen LogP contribution in [0.15, 0.2) is 85.5 Å². The van der Waals surface area contributed by atoms with Crippen LogP contribution >= 0.6 is 0 Å². The molecule has 1 aromatic carbocycles. The fourth-order valence-electron chi connectivity index (χ4n) is 3.94. The molecule has 164 valence electrons. The first-order chi connectivity index (χ1) is 16.1. The molecule has 0 saturated carbocycles. The van der Waals surface area contributed by atoms with E-state index in [-0.39, 0.29) is 5.82 Å². The minimum atomic E-state index is -0.306. The number of fused-ring (bicyclic) bond motifs is 2. The molecular formula is C27H24FN5. The topological polar surface area (TPSA) is 59.4 Å². The first-order valence-electron chi connectivity index (χ1n) is 10.9. The van der Waals surface area contributed by atoms with Crippen LogP contribution in [0.3, 0.4) is 0 Å². The molecular weight excluding hydrogens is 413 g/mol. The first kappa shape index (κ1) is 20.8. The number of allylic oxidation sites excluding steroid dienone is 4. The molecule has 5 aromatic rings. The van der Waals surface area contributed by atoms with Crippen LogP contribution in [0.1, 0.15) is 25.1 Å². The number of H-pyrrole nitrogens is 1. The standard InChI is InChI=1S/C27H24FN5/c1-18(12-23-8-7-22(28)17-29-23)4-3-5-19(2)21-13-27-25(30-15-21)10-11-33(27)24-9-6-20-16-31-32-26(20)14-24/h3-11,13-18H,12H2,1-2H3,(H,31,32)/b4-3-,19-5+. The highest BCUT2D eigenvalue weighted by atomic mass is 19.1. The van der Waals surface area contributed by atoms with Gasteiger partial charge in [0.2, 0.25) is 0 Å². The molecule has 0 radical (unpaired) electrons. The van der Waals surface area contributed by atoms with Crippen LogP contribution < -0.4 is 0 Å². The zero-order chi connectivity index (χ0) is 22.8. The fraction of sp³-hybridized carbons (Fsp3) is 0.148. The predicted octanol–water partition coefficient (Wildman–Crippen LogP) is 6.27. The average Bonchev–Trinajstić information content (AvgIpc) is 3.46. The van der Waals surface area contributed by atoms with Gasteiger partial charge in [-0.15, -0.1) is 0 Å². The highest BCUT2D eigenvalue weighted by molar-refractivity contribution is 5.84. The zero-order valence-electron chi connectivity index (χ0n) is 18.5. The summed E-state index contributed by atoms with van der Waals surface area (Å²) in [6.45, 7) is 4.21. The molecule has 1 unspecified atom stereocenters. The van der Waals surface area contributed by atoms with E-state index in [1.807, 2.05) is 24.7 Å². The molecule has 0 aliphatic carbocycles. The van der Waals surface area contributed by atoms with Crippen molar-refractivity contribution in [2.24, 2.45) is 5.92 Å². The largest absolute Gasteiger partial charge is 0.315 e. The van der Waals surface area contributed by atoms with E-state index in [1.54, 1.807) is 6.07 Å². The number of halogens is 1. The Bertz CT molecular complexity index is 1470. The molecule has 5 rings (SSSR count). The number of aromatic amines is 1. The Morgan fingerprint density at radius 1 is 1.09 bits per heavy atom. The lowest BCUT2D eigenvalue weighted by molar-refractivity contribution is 0.615. The zero-order valence-corrected chi connectivity index (χ0v) is 18.5. The summed E-state index contributed by atoms with van der Waals surface area (Å²) < 4.78 is 15.2. The van der Waals surface area contributed by atoms with E-state index in [2.05, 4.69) is 81.1 Å². The van der Waals surface area contributed by atoms with Gasteiger partial charge < -0.3 is 4.57 Å². The van der Waals surface area contributed by atoms with Crippen LogP contribution in [0, 0.1) is 11.7 Å². The molecule has 1 atom stereocenters. The van der Waals surface area contributed by atoms with Gasteiger partial charge in [-0.3, -0.25) is 15.1 Å². The SMILES string of the molecule is C/C(=C\C=C/C(C)Cc1ccc(F)cn1)c1cnc2ccn(-c3ccc4cn[nH]c4c3)c2c1. The van der Waals surface area contributed by atoms with Crippen LogP contribution in [-0.2, 0) is 6.42 Å². The van der Waals surface area contributed by atoms with E-state index in [0.29, 0.717) is 5.92 Å². The van der Waals surface area contributed by atoms with Crippen molar-refractivity contribution in [3.05, 3.63) is 103 Å². The van der Waals surface area contributed by atoms with Gasteiger partial charge >= 0.3 is 0 Å². The van der Waals surface area contributed by atoms with Gasteiger partial charge in [-0.05, 0) is 72.9 Å². The van der Waals surface area contributed by atoms with Crippen molar-refractivity contribution in [3.63, 3.8) is 0 Å². The van der Waals surface area contributed by atoms with Gasteiger partial charge in [0.15, 0.2) is 0 Å². The summed E-state index contributed by atoms with van der Waals surface area (Å²) in [4.78, 5) is 8.80. The molecule has 0 saturated heterocycles. The van der Waals surface area contributed by atoms with E-state index in [9.17, 15) is 4.39 Å². The van der Waals surface area contributed by atoms with Crippen LogP contribution in [0.25, 0.3) is 33.2 Å². The van der Waals surface area contributed by atoms with Gasteiger partial charge in [0.1, 0.15) is 5.82 Å². The second kappa shape index (κ2) is 8.82. The smallest absolute Gasteiger partial charge is 0.141 e. The number of hydrogen-bond acceptors (Lipinski definition) is 3. The number of nitrogens with one attached hydrogen (secondary N) is 1. The molecule has 0 aliphatic heterocycles. The molecule has 4 aromatic heterocycles. The Kier molecular flexibility index (Phi) is 5.57. The number of pyridine rings is 2.